The Labute approximate surface area is 134 Å². The highest BCUT2D eigenvalue weighted by molar-refractivity contribution is 8.14. The average Bonchev–Trinajstić information content (AvgIpc) is 3.04. The van der Waals surface area contributed by atoms with Crippen LogP contribution in [0.5, 0.6) is 17.2 Å². The zero-order chi connectivity index (χ0) is 15.9. The normalized spacial score (nSPS) is 13.5. The molecule has 0 aliphatic carbocycles. The predicted molar refractivity (Wildman–Crippen MR) is 87.3 cm³/mol. The molecule has 0 radical (unpaired) electrons. The number of nitrogens with zero attached hydrogens (tertiary/aromatic N) is 1. The molecule has 0 unspecified atom stereocenters. The number of ether oxygens (including phenoxy) is 3. The predicted octanol–water partition coefficient (Wildman–Crippen LogP) is 1.86. The summed E-state index contributed by atoms with van der Waals surface area (Å²) in [6.45, 7) is 0.771. The van der Waals surface area contributed by atoms with E-state index in [9.17, 15) is 4.79 Å². The van der Waals surface area contributed by atoms with Gasteiger partial charge in [-0.2, -0.15) is 0 Å². The number of nitrogens with one attached hydrogen (secondary N) is 1. The van der Waals surface area contributed by atoms with E-state index in [4.69, 9.17) is 14.2 Å². The molecule has 1 N–H and O–H groups in total. The molecule has 0 atom stereocenters. The number of carbonyl (C=O) groups is 1. The van der Waals surface area contributed by atoms with Gasteiger partial charge in [-0.15, -0.1) is 0 Å². The van der Waals surface area contributed by atoms with Gasteiger partial charge in [0.15, 0.2) is 16.7 Å². The molecule has 22 heavy (non-hydrogen) atoms. The van der Waals surface area contributed by atoms with Crippen LogP contribution in [0.4, 0.5) is 0 Å². The van der Waals surface area contributed by atoms with Crippen LogP contribution < -0.4 is 19.5 Å². The van der Waals surface area contributed by atoms with Gasteiger partial charge in [0.2, 0.25) is 11.7 Å². The summed E-state index contributed by atoms with van der Waals surface area (Å²) in [5, 5.41) is 3.53. The van der Waals surface area contributed by atoms with Crippen LogP contribution in [0.15, 0.2) is 17.1 Å². The Morgan fingerprint density at radius 3 is 2.41 bits per heavy atom. The molecule has 0 saturated heterocycles. The average molecular weight is 324 g/mol. The standard InChI is InChI=1S/C15H20N2O4S/c1-19-11-8-10(9-12(20-2)14(11)21-3)4-5-13(18)17-15-16-6-7-22-15/h8-9H,4-7H2,1-3H3,(H,16,17,18). The molecule has 6 nitrogen and oxygen atoms in total. The fourth-order valence-electron chi connectivity index (χ4n) is 2.13. The molecule has 0 fully saturated rings. The molecule has 1 heterocycles. The minimum absolute atomic E-state index is 0.0399. The lowest BCUT2D eigenvalue weighted by Crippen LogP contribution is -2.27. The number of amides is 1. The summed E-state index contributed by atoms with van der Waals surface area (Å²) in [5.74, 6) is 2.63. The number of hydrogen-bond donors (Lipinski definition) is 1. The number of rotatable bonds is 6. The molecule has 1 aliphatic heterocycles. The van der Waals surface area contributed by atoms with Crippen molar-refractivity contribution in [1.82, 2.24) is 5.32 Å². The summed E-state index contributed by atoms with van der Waals surface area (Å²) >= 11 is 1.57. The summed E-state index contributed by atoms with van der Waals surface area (Å²) < 4.78 is 15.9. The first-order valence-corrected chi connectivity index (χ1v) is 7.92. The fraction of sp³-hybridized carbons (Fsp3) is 0.467. The number of amidine groups is 1. The van der Waals surface area contributed by atoms with Gasteiger partial charge in [-0.1, -0.05) is 11.8 Å². The van der Waals surface area contributed by atoms with E-state index in [1.54, 1.807) is 33.1 Å². The molecule has 1 aromatic carbocycles. The zero-order valence-electron chi connectivity index (χ0n) is 13.0. The van der Waals surface area contributed by atoms with Crippen LogP contribution in [0.25, 0.3) is 0 Å². The van der Waals surface area contributed by atoms with Gasteiger partial charge in [0.05, 0.1) is 27.9 Å². The van der Waals surface area contributed by atoms with Crippen molar-refractivity contribution < 1.29 is 19.0 Å². The second kappa shape index (κ2) is 7.93. The van der Waals surface area contributed by atoms with Crippen LogP contribution in [0, 0.1) is 0 Å². The number of benzene rings is 1. The van der Waals surface area contributed by atoms with Crippen molar-refractivity contribution in [1.29, 1.82) is 0 Å². The Morgan fingerprint density at radius 2 is 1.91 bits per heavy atom. The maximum atomic E-state index is 11.9. The molecule has 0 saturated carbocycles. The third-order valence-corrected chi connectivity index (χ3v) is 4.09. The van der Waals surface area contributed by atoms with E-state index in [0.717, 1.165) is 23.0 Å². The van der Waals surface area contributed by atoms with Crippen molar-refractivity contribution in [2.75, 3.05) is 33.6 Å². The van der Waals surface area contributed by atoms with Gasteiger partial charge in [0, 0.05) is 12.2 Å². The van der Waals surface area contributed by atoms with Crippen LogP contribution in [-0.4, -0.2) is 44.7 Å². The summed E-state index contributed by atoms with van der Waals surface area (Å²) in [6, 6.07) is 3.72. The molecule has 1 amide bonds. The molecule has 120 valence electrons. The maximum absolute atomic E-state index is 11.9. The van der Waals surface area contributed by atoms with Crippen LogP contribution in [0.3, 0.4) is 0 Å². The van der Waals surface area contributed by atoms with Gasteiger partial charge >= 0.3 is 0 Å². The van der Waals surface area contributed by atoms with Crippen molar-refractivity contribution in [2.45, 2.75) is 12.8 Å². The van der Waals surface area contributed by atoms with Crippen molar-refractivity contribution >= 4 is 22.8 Å². The zero-order valence-corrected chi connectivity index (χ0v) is 13.8. The first-order valence-electron chi connectivity index (χ1n) is 6.94. The van der Waals surface area contributed by atoms with E-state index in [1.807, 2.05) is 12.1 Å². The van der Waals surface area contributed by atoms with E-state index >= 15 is 0 Å². The molecule has 2 rings (SSSR count). The van der Waals surface area contributed by atoms with Crippen LogP contribution >= 0.6 is 11.8 Å². The van der Waals surface area contributed by atoms with Gasteiger partial charge in [-0.05, 0) is 24.1 Å². The van der Waals surface area contributed by atoms with Gasteiger partial charge in [0.25, 0.3) is 0 Å². The number of methoxy groups -OCH3 is 3. The fourth-order valence-corrected chi connectivity index (χ4v) is 2.87. The summed E-state index contributed by atoms with van der Waals surface area (Å²) in [4.78, 5) is 16.1. The van der Waals surface area contributed by atoms with Gasteiger partial charge in [-0.3, -0.25) is 9.79 Å². The number of hydrogen-bond acceptors (Lipinski definition) is 6. The SMILES string of the molecule is COc1cc(CCC(=O)NC2=NCCS2)cc(OC)c1OC. The quantitative estimate of drug-likeness (QED) is 0.865. The molecular weight excluding hydrogens is 304 g/mol. The smallest absolute Gasteiger partial charge is 0.226 e. The minimum atomic E-state index is -0.0399. The van der Waals surface area contributed by atoms with Crippen molar-refractivity contribution in [3.05, 3.63) is 17.7 Å². The van der Waals surface area contributed by atoms with Gasteiger partial charge < -0.3 is 19.5 Å². The molecule has 1 aromatic rings. The van der Waals surface area contributed by atoms with E-state index in [-0.39, 0.29) is 5.91 Å². The Kier molecular flexibility index (Phi) is 5.94. The summed E-state index contributed by atoms with van der Waals surface area (Å²) in [5.41, 5.74) is 0.950. The Bertz CT molecular complexity index is 550. The largest absolute Gasteiger partial charge is 0.493 e. The third kappa shape index (κ3) is 4.07. The molecule has 7 heteroatoms. The molecule has 0 spiro atoms. The Morgan fingerprint density at radius 1 is 1.23 bits per heavy atom. The van der Waals surface area contributed by atoms with Crippen LogP contribution in [0.2, 0.25) is 0 Å². The Hall–Kier alpha value is -1.89. The van der Waals surface area contributed by atoms with Crippen molar-refractivity contribution in [3.8, 4) is 17.2 Å². The number of aliphatic imine (C=N–C) groups is 1. The van der Waals surface area contributed by atoms with E-state index in [0.29, 0.717) is 30.1 Å². The highest BCUT2D eigenvalue weighted by atomic mass is 32.2. The van der Waals surface area contributed by atoms with Crippen molar-refractivity contribution in [3.63, 3.8) is 0 Å². The maximum Gasteiger partial charge on any atom is 0.226 e. The number of carbonyl (C=O) groups excluding carboxylic acids is 1. The minimum Gasteiger partial charge on any atom is -0.493 e. The lowest BCUT2D eigenvalue weighted by molar-refractivity contribution is -0.119. The van der Waals surface area contributed by atoms with E-state index in [1.165, 1.54) is 0 Å². The molecule has 0 bridgehead atoms. The second-order valence-electron chi connectivity index (χ2n) is 4.62. The first-order chi connectivity index (χ1) is 10.7. The topological polar surface area (TPSA) is 69.2 Å². The summed E-state index contributed by atoms with van der Waals surface area (Å²) in [7, 11) is 4.71. The number of thioether (sulfide) groups is 1. The van der Waals surface area contributed by atoms with Crippen molar-refractivity contribution in [2.24, 2.45) is 4.99 Å². The second-order valence-corrected chi connectivity index (χ2v) is 5.70. The number of aryl methyl sites for hydroxylation is 1. The molecule has 0 aromatic heterocycles. The van der Waals surface area contributed by atoms with Crippen LogP contribution in [-0.2, 0) is 11.2 Å². The van der Waals surface area contributed by atoms with Crippen LogP contribution in [0.1, 0.15) is 12.0 Å². The lowest BCUT2D eigenvalue weighted by atomic mass is 10.1. The third-order valence-electron chi connectivity index (χ3n) is 3.20. The first kappa shape index (κ1) is 16.5. The van der Waals surface area contributed by atoms with E-state index < -0.39 is 0 Å². The van der Waals surface area contributed by atoms with E-state index in [2.05, 4.69) is 10.3 Å². The lowest BCUT2D eigenvalue weighted by Gasteiger charge is -2.14. The van der Waals surface area contributed by atoms with Gasteiger partial charge in [0.1, 0.15) is 0 Å². The Balaban J connectivity index is 2.01. The molecule has 1 aliphatic rings. The highest BCUT2D eigenvalue weighted by Gasteiger charge is 2.15. The molecular formula is C15H20N2O4S. The monoisotopic (exact) mass is 324 g/mol. The van der Waals surface area contributed by atoms with Gasteiger partial charge in [-0.25, -0.2) is 0 Å². The summed E-state index contributed by atoms with van der Waals surface area (Å²) in [6.07, 6.45) is 0.957. The highest BCUT2D eigenvalue weighted by Crippen LogP contribution is 2.38.